The second-order valence-electron chi connectivity index (χ2n) is 1.51. The standard InChI is InChI=1S/C3H7BF3OS.K/c5-4(6,7)3-9-2-1-8;/h8H,1-3H2;/q-1;+1. The van der Waals surface area contributed by atoms with Crippen LogP contribution in [0.1, 0.15) is 0 Å². The van der Waals surface area contributed by atoms with E-state index in [1.54, 1.807) is 0 Å². The molecule has 1 N–H and O–H groups in total. The first-order valence-corrected chi connectivity index (χ1v) is 3.61. The smallest absolute Gasteiger partial charge is 0.448 e. The third-order valence-electron chi connectivity index (χ3n) is 0.542. The summed E-state index contributed by atoms with van der Waals surface area (Å²) in [5, 5.41) is 8.08. The normalized spacial score (nSPS) is 10.8. The Morgan fingerprint density at radius 3 is 2.10 bits per heavy atom. The second-order valence-corrected chi connectivity index (χ2v) is 2.66. The van der Waals surface area contributed by atoms with E-state index >= 15 is 0 Å². The SMILES string of the molecule is OCCSC[B-](F)(F)F.[K+]. The van der Waals surface area contributed by atoms with Gasteiger partial charge < -0.3 is 18.1 Å². The van der Waals surface area contributed by atoms with E-state index in [4.69, 9.17) is 5.11 Å². The Labute approximate surface area is 105 Å². The maximum Gasteiger partial charge on any atom is 1.00 e. The van der Waals surface area contributed by atoms with E-state index in [0.29, 0.717) is 11.8 Å². The van der Waals surface area contributed by atoms with Gasteiger partial charge in [-0.25, -0.2) is 0 Å². The summed E-state index contributed by atoms with van der Waals surface area (Å²) in [5.74, 6) is 0.168. The fourth-order valence-electron chi connectivity index (χ4n) is 0.282. The first kappa shape index (κ1) is 14.3. The van der Waals surface area contributed by atoms with Crippen LogP contribution in [0.3, 0.4) is 0 Å². The molecular weight excluding hydrogens is 191 g/mol. The quantitative estimate of drug-likeness (QED) is 0.420. The molecule has 0 saturated heterocycles. The van der Waals surface area contributed by atoms with E-state index in [1.165, 1.54) is 0 Å². The van der Waals surface area contributed by atoms with Crippen molar-refractivity contribution in [2.24, 2.45) is 0 Å². The number of aliphatic hydroxyl groups excluding tert-OH is 1. The third kappa shape index (κ3) is 12.5. The molecule has 0 rings (SSSR count). The first-order chi connectivity index (χ1) is 4.06. The van der Waals surface area contributed by atoms with Gasteiger partial charge in [0.2, 0.25) is 0 Å². The number of aliphatic hydroxyl groups is 1. The topological polar surface area (TPSA) is 20.2 Å². The van der Waals surface area contributed by atoms with Crippen molar-refractivity contribution in [2.75, 3.05) is 18.0 Å². The van der Waals surface area contributed by atoms with Crippen LogP contribution in [0.15, 0.2) is 0 Å². The van der Waals surface area contributed by atoms with E-state index in [9.17, 15) is 12.9 Å². The number of thioether (sulfide) groups is 1. The van der Waals surface area contributed by atoms with E-state index in [0.717, 1.165) is 0 Å². The molecule has 56 valence electrons. The summed E-state index contributed by atoms with van der Waals surface area (Å²) in [7, 11) is 0. The predicted molar refractivity (Wildman–Crippen MR) is 33.5 cm³/mol. The molecule has 0 saturated carbocycles. The summed E-state index contributed by atoms with van der Waals surface area (Å²) in [5.41, 5.74) is -0.805. The molecule has 1 nitrogen and oxygen atoms in total. The molecule has 0 radical (unpaired) electrons. The fraction of sp³-hybridized carbons (Fsp3) is 1.00. The van der Waals surface area contributed by atoms with Crippen molar-refractivity contribution in [3.05, 3.63) is 0 Å². The molecule has 0 spiro atoms. The molecule has 0 unspecified atom stereocenters. The van der Waals surface area contributed by atoms with Gasteiger partial charge in [-0.15, -0.1) is 0 Å². The van der Waals surface area contributed by atoms with Crippen LogP contribution in [-0.2, 0) is 0 Å². The average molecular weight is 198 g/mol. The molecule has 0 bridgehead atoms. The Balaban J connectivity index is 0. The number of halogens is 3. The Morgan fingerprint density at radius 2 is 1.80 bits per heavy atom. The van der Waals surface area contributed by atoms with Gasteiger partial charge >= 0.3 is 58.4 Å². The molecule has 7 heteroatoms. The maximum atomic E-state index is 11.3. The van der Waals surface area contributed by atoms with Crippen LogP contribution in [0.2, 0.25) is 0 Å². The van der Waals surface area contributed by atoms with Crippen LogP contribution in [0, 0.1) is 0 Å². The molecule has 0 aromatic heterocycles. The zero-order valence-corrected chi connectivity index (χ0v) is 9.63. The minimum Gasteiger partial charge on any atom is -0.448 e. The van der Waals surface area contributed by atoms with Crippen molar-refractivity contribution in [3.8, 4) is 0 Å². The summed E-state index contributed by atoms with van der Waals surface area (Å²) < 4.78 is 34.0. The molecule has 0 heterocycles. The van der Waals surface area contributed by atoms with Crippen molar-refractivity contribution >= 4 is 18.7 Å². The Bertz CT molecular complexity index is 80.6. The van der Waals surface area contributed by atoms with Crippen LogP contribution in [0.4, 0.5) is 12.9 Å². The summed E-state index contributed by atoms with van der Waals surface area (Å²) in [4.78, 5) is 0. The van der Waals surface area contributed by atoms with Crippen molar-refractivity contribution in [2.45, 2.75) is 0 Å². The van der Waals surface area contributed by atoms with Gasteiger partial charge in [0.1, 0.15) is 0 Å². The first-order valence-electron chi connectivity index (χ1n) is 2.46. The largest absolute Gasteiger partial charge is 1.00 e. The number of hydrogen-bond acceptors (Lipinski definition) is 2. The van der Waals surface area contributed by atoms with Gasteiger partial charge in [-0.3, -0.25) is 0 Å². The van der Waals surface area contributed by atoms with E-state index in [-0.39, 0.29) is 63.7 Å². The zero-order valence-electron chi connectivity index (χ0n) is 5.69. The Hall–Kier alpha value is 1.80. The second kappa shape index (κ2) is 7.45. The van der Waals surface area contributed by atoms with Crippen LogP contribution in [-0.4, -0.2) is 30.1 Å². The van der Waals surface area contributed by atoms with Gasteiger partial charge in [-0.1, -0.05) is 0 Å². The van der Waals surface area contributed by atoms with Crippen LogP contribution >= 0.6 is 11.8 Å². The van der Waals surface area contributed by atoms with Gasteiger partial charge in [-0.2, -0.15) is 11.8 Å². The molecule has 0 aliphatic carbocycles. The molecule has 0 atom stereocenters. The third-order valence-corrected chi connectivity index (χ3v) is 1.63. The van der Waals surface area contributed by atoms with Crippen LogP contribution in [0.25, 0.3) is 0 Å². The van der Waals surface area contributed by atoms with E-state index in [1.807, 2.05) is 0 Å². The minimum atomic E-state index is -4.66. The Kier molecular flexibility index (Phi) is 10.7. The summed E-state index contributed by atoms with van der Waals surface area (Å²) in [6, 6.07) is 0. The van der Waals surface area contributed by atoms with E-state index < -0.39 is 12.6 Å². The molecule has 0 fully saturated rings. The molecule has 0 aromatic carbocycles. The zero-order chi connectivity index (χ0) is 7.33. The van der Waals surface area contributed by atoms with Crippen molar-refractivity contribution < 1.29 is 69.4 Å². The van der Waals surface area contributed by atoms with Crippen molar-refractivity contribution in [1.82, 2.24) is 0 Å². The van der Waals surface area contributed by atoms with Gasteiger partial charge in [0.05, 0.1) is 6.61 Å². The van der Waals surface area contributed by atoms with Gasteiger partial charge in [0, 0.05) is 5.75 Å². The van der Waals surface area contributed by atoms with E-state index in [2.05, 4.69) is 0 Å². The predicted octanol–water partition coefficient (Wildman–Crippen LogP) is -1.90. The average Bonchev–Trinajstić information content (AvgIpc) is 1.63. The molecule has 0 aromatic rings. The molecule has 0 amide bonds. The monoisotopic (exact) mass is 198 g/mol. The molecule has 0 aliphatic heterocycles. The van der Waals surface area contributed by atoms with Gasteiger partial charge in [-0.05, 0) is 5.65 Å². The number of rotatable bonds is 4. The maximum absolute atomic E-state index is 11.3. The van der Waals surface area contributed by atoms with Crippen LogP contribution < -0.4 is 51.4 Å². The van der Waals surface area contributed by atoms with Crippen LogP contribution in [0.5, 0.6) is 0 Å². The van der Waals surface area contributed by atoms with Crippen molar-refractivity contribution in [1.29, 1.82) is 0 Å². The summed E-state index contributed by atoms with van der Waals surface area (Å²) in [6.07, 6.45) is 0. The number of hydrogen-bond donors (Lipinski definition) is 1. The van der Waals surface area contributed by atoms with Gasteiger partial charge in [0.25, 0.3) is 0 Å². The molecule has 10 heavy (non-hydrogen) atoms. The van der Waals surface area contributed by atoms with Crippen molar-refractivity contribution in [3.63, 3.8) is 0 Å². The Morgan fingerprint density at radius 1 is 1.30 bits per heavy atom. The summed E-state index contributed by atoms with van der Waals surface area (Å²) in [6.45, 7) is -4.84. The minimum absolute atomic E-state index is 0. The van der Waals surface area contributed by atoms with Gasteiger partial charge in [0.15, 0.2) is 0 Å². The fourth-order valence-corrected chi connectivity index (χ4v) is 0.845. The molecule has 0 aliphatic rings. The summed E-state index contributed by atoms with van der Waals surface area (Å²) >= 11 is 0.713. The molecular formula is C3H7BF3KOS.